The highest BCUT2D eigenvalue weighted by Crippen LogP contribution is 2.29. The minimum atomic E-state index is -3.37. The number of fused-ring (bicyclic) bond motifs is 1. The molecule has 31 heavy (non-hydrogen) atoms. The summed E-state index contributed by atoms with van der Waals surface area (Å²) in [7, 11) is -1.64. The quantitative estimate of drug-likeness (QED) is 0.344. The van der Waals surface area contributed by atoms with Gasteiger partial charge in [0, 0.05) is 52.5 Å². The Morgan fingerprint density at radius 2 is 1.81 bits per heavy atom. The van der Waals surface area contributed by atoms with Gasteiger partial charge in [-0.15, -0.1) is 24.0 Å². The number of nitrogens with zero attached hydrogens (tertiary/aromatic N) is 5. The summed E-state index contributed by atoms with van der Waals surface area (Å²) in [5.74, 6) is 1.76. The highest BCUT2D eigenvalue weighted by molar-refractivity contribution is 14.0. The van der Waals surface area contributed by atoms with Gasteiger partial charge in [-0.1, -0.05) is 24.3 Å². The van der Waals surface area contributed by atoms with Gasteiger partial charge in [0.15, 0.2) is 5.96 Å². The molecule has 0 saturated carbocycles. The molecule has 1 N–H and O–H groups in total. The third-order valence-corrected chi connectivity index (χ3v) is 7.36. The summed E-state index contributed by atoms with van der Waals surface area (Å²) >= 11 is 0. The number of halogens is 1. The summed E-state index contributed by atoms with van der Waals surface area (Å²) in [5, 5.41) is 3.23. The van der Waals surface area contributed by atoms with Crippen molar-refractivity contribution >= 4 is 51.5 Å². The Kier molecular flexibility index (Phi) is 7.98. The lowest BCUT2D eigenvalue weighted by Gasteiger charge is -2.37. The van der Waals surface area contributed by atoms with E-state index >= 15 is 0 Å². The van der Waals surface area contributed by atoms with Gasteiger partial charge in [0.05, 0.1) is 11.4 Å². The van der Waals surface area contributed by atoms with Gasteiger partial charge in [-0.2, -0.15) is 0 Å². The van der Waals surface area contributed by atoms with E-state index in [1.807, 2.05) is 42.5 Å². The summed E-state index contributed by atoms with van der Waals surface area (Å²) < 4.78 is 27.3. The van der Waals surface area contributed by atoms with Gasteiger partial charge in [-0.25, -0.2) is 13.4 Å². The lowest BCUT2D eigenvalue weighted by Crippen LogP contribution is -2.53. The first-order chi connectivity index (χ1) is 14.6. The number of pyridine rings is 1. The number of para-hydroxylation sites is 1. The van der Waals surface area contributed by atoms with Crippen molar-refractivity contribution in [2.45, 2.75) is 6.42 Å². The average Bonchev–Trinajstić information content (AvgIpc) is 3.23. The first-order valence-electron chi connectivity index (χ1n) is 10.3. The predicted molar refractivity (Wildman–Crippen MR) is 136 cm³/mol. The van der Waals surface area contributed by atoms with Gasteiger partial charge in [0.25, 0.3) is 0 Å². The fourth-order valence-electron chi connectivity index (χ4n) is 4.02. The zero-order valence-corrected chi connectivity index (χ0v) is 20.8. The number of piperazine rings is 1. The third kappa shape index (κ3) is 5.40. The van der Waals surface area contributed by atoms with Crippen LogP contribution >= 0.6 is 24.0 Å². The summed E-state index contributed by atoms with van der Waals surface area (Å²) in [5.41, 5.74) is 1.91. The molecule has 0 atom stereocenters. The molecule has 3 heterocycles. The highest BCUT2D eigenvalue weighted by atomic mass is 127. The van der Waals surface area contributed by atoms with Crippen molar-refractivity contribution in [1.29, 1.82) is 0 Å². The number of hydrogen-bond donors (Lipinski definition) is 1. The van der Waals surface area contributed by atoms with Crippen molar-refractivity contribution in [3.8, 4) is 0 Å². The number of aliphatic imine (C=N–C) groups is 1. The SMILES string of the molecule is CN=C(NCCS(=O)(=O)N1CCc2ccccc21)N1CCN(c2ccccn2)CC1.I. The number of aromatic nitrogens is 1. The average molecular weight is 556 g/mol. The number of hydrogen-bond acceptors (Lipinski definition) is 5. The third-order valence-electron chi connectivity index (χ3n) is 5.59. The van der Waals surface area contributed by atoms with E-state index in [2.05, 4.69) is 25.1 Å². The van der Waals surface area contributed by atoms with Crippen LogP contribution in [0.3, 0.4) is 0 Å². The van der Waals surface area contributed by atoms with E-state index in [0.717, 1.165) is 55.6 Å². The maximum absolute atomic E-state index is 12.9. The molecule has 0 unspecified atom stereocenters. The largest absolute Gasteiger partial charge is 0.355 e. The highest BCUT2D eigenvalue weighted by Gasteiger charge is 2.29. The van der Waals surface area contributed by atoms with Crippen LogP contribution in [-0.2, 0) is 16.4 Å². The Hall–Kier alpha value is -2.08. The molecule has 2 aliphatic heterocycles. The lowest BCUT2D eigenvalue weighted by molar-refractivity contribution is 0.372. The first kappa shape index (κ1) is 23.6. The van der Waals surface area contributed by atoms with Gasteiger partial charge in [-0.3, -0.25) is 9.30 Å². The van der Waals surface area contributed by atoms with Crippen LogP contribution in [0.2, 0.25) is 0 Å². The maximum atomic E-state index is 12.9. The number of benzene rings is 1. The Labute approximate surface area is 201 Å². The molecule has 0 amide bonds. The molecular formula is C21H29IN6O2S. The second-order valence-corrected chi connectivity index (χ2v) is 9.42. The second-order valence-electron chi connectivity index (χ2n) is 7.40. The molecule has 4 rings (SSSR count). The van der Waals surface area contributed by atoms with E-state index in [1.165, 1.54) is 0 Å². The van der Waals surface area contributed by atoms with Crippen molar-refractivity contribution in [1.82, 2.24) is 15.2 Å². The number of nitrogens with one attached hydrogen (secondary N) is 1. The normalized spacial score (nSPS) is 16.7. The van der Waals surface area contributed by atoms with Crippen LogP contribution in [0.4, 0.5) is 11.5 Å². The van der Waals surface area contributed by atoms with E-state index in [0.29, 0.717) is 13.1 Å². The molecule has 10 heteroatoms. The summed E-state index contributed by atoms with van der Waals surface area (Å²) in [6.45, 7) is 4.16. The summed E-state index contributed by atoms with van der Waals surface area (Å²) in [6.07, 6.45) is 2.58. The Balaban J connectivity index is 0.00000272. The van der Waals surface area contributed by atoms with Gasteiger partial charge in [-0.05, 0) is 30.2 Å². The van der Waals surface area contributed by atoms with Crippen LogP contribution in [0, 0.1) is 0 Å². The molecular weight excluding hydrogens is 527 g/mol. The number of sulfonamides is 1. The van der Waals surface area contributed by atoms with Crippen LogP contribution < -0.4 is 14.5 Å². The van der Waals surface area contributed by atoms with Crippen LogP contribution in [0.5, 0.6) is 0 Å². The number of guanidine groups is 1. The maximum Gasteiger partial charge on any atom is 0.236 e. The second kappa shape index (κ2) is 10.5. The molecule has 0 spiro atoms. The molecule has 2 aliphatic rings. The summed E-state index contributed by atoms with van der Waals surface area (Å²) in [4.78, 5) is 13.2. The molecule has 0 aliphatic carbocycles. The van der Waals surface area contributed by atoms with E-state index in [1.54, 1.807) is 17.5 Å². The Morgan fingerprint density at radius 3 is 2.52 bits per heavy atom. The van der Waals surface area contributed by atoms with Crippen molar-refractivity contribution in [2.75, 3.05) is 61.3 Å². The zero-order valence-electron chi connectivity index (χ0n) is 17.6. The number of anilines is 2. The minimum absolute atomic E-state index is 0. The van der Waals surface area contributed by atoms with Gasteiger partial charge in [0.2, 0.25) is 10.0 Å². The Bertz CT molecular complexity index is 994. The molecule has 1 fully saturated rings. The van der Waals surface area contributed by atoms with Crippen molar-refractivity contribution in [3.63, 3.8) is 0 Å². The molecule has 2 aromatic rings. The molecule has 1 saturated heterocycles. The molecule has 168 valence electrons. The van der Waals surface area contributed by atoms with Gasteiger partial charge < -0.3 is 15.1 Å². The smallest absolute Gasteiger partial charge is 0.236 e. The fourth-order valence-corrected chi connectivity index (χ4v) is 5.45. The fraction of sp³-hybridized carbons (Fsp3) is 0.429. The standard InChI is InChI=1S/C21H28N6O2S.HI/c1-22-21(26-15-13-25(14-16-26)20-8-4-5-10-23-20)24-11-17-30(28,29)27-12-9-18-6-2-3-7-19(18)27;/h2-8,10H,9,11-17H2,1H3,(H,22,24);1H. The van der Waals surface area contributed by atoms with Crippen LogP contribution in [-0.4, -0.2) is 76.3 Å². The summed E-state index contributed by atoms with van der Waals surface area (Å²) in [6, 6.07) is 13.6. The van der Waals surface area contributed by atoms with E-state index in [9.17, 15) is 8.42 Å². The van der Waals surface area contributed by atoms with Crippen molar-refractivity contribution in [2.24, 2.45) is 4.99 Å². The molecule has 1 aromatic carbocycles. The molecule has 0 radical (unpaired) electrons. The monoisotopic (exact) mass is 556 g/mol. The van der Waals surface area contributed by atoms with Crippen molar-refractivity contribution < 1.29 is 8.42 Å². The van der Waals surface area contributed by atoms with E-state index < -0.39 is 10.0 Å². The molecule has 8 nitrogen and oxygen atoms in total. The minimum Gasteiger partial charge on any atom is -0.355 e. The molecule has 0 bridgehead atoms. The Morgan fingerprint density at radius 1 is 1.06 bits per heavy atom. The van der Waals surface area contributed by atoms with E-state index in [-0.39, 0.29) is 29.7 Å². The van der Waals surface area contributed by atoms with Gasteiger partial charge >= 0.3 is 0 Å². The van der Waals surface area contributed by atoms with Crippen LogP contribution in [0.15, 0.2) is 53.7 Å². The predicted octanol–water partition coefficient (Wildman–Crippen LogP) is 1.79. The first-order valence-corrected chi connectivity index (χ1v) is 11.9. The van der Waals surface area contributed by atoms with Crippen LogP contribution in [0.1, 0.15) is 5.56 Å². The zero-order chi connectivity index (χ0) is 21.0. The van der Waals surface area contributed by atoms with Gasteiger partial charge in [0.1, 0.15) is 5.82 Å². The van der Waals surface area contributed by atoms with Crippen molar-refractivity contribution in [3.05, 3.63) is 54.2 Å². The molecule has 1 aromatic heterocycles. The topological polar surface area (TPSA) is 81.1 Å². The van der Waals surface area contributed by atoms with E-state index in [4.69, 9.17) is 0 Å². The number of rotatable bonds is 5. The lowest BCUT2D eigenvalue weighted by atomic mass is 10.2. The van der Waals surface area contributed by atoms with Crippen LogP contribution in [0.25, 0.3) is 0 Å².